The smallest absolute Gasteiger partial charge is 0.319 e. The summed E-state index contributed by atoms with van der Waals surface area (Å²) in [6.45, 7) is 0. The Morgan fingerprint density at radius 2 is 1.86 bits per heavy atom. The van der Waals surface area contributed by atoms with Gasteiger partial charge in [0.1, 0.15) is 11.4 Å². The van der Waals surface area contributed by atoms with Crippen LogP contribution in [0.1, 0.15) is 25.7 Å². The topological polar surface area (TPSA) is 63.2 Å². The van der Waals surface area contributed by atoms with E-state index in [9.17, 15) is 4.79 Å². The van der Waals surface area contributed by atoms with Crippen LogP contribution < -0.4 is 15.4 Å². The number of nitrogens with one attached hydrogen (secondary N) is 2. The summed E-state index contributed by atoms with van der Waals surface area (Å²) in [5, 5.41) is 5.81. The maximum Gasteiger partial charge on any atom is 0.319 e. The molecule has 1 aliphatic rings. The van der Waals surface area contributed by atoms with Gasteiger partial charge in [-0.3, -0.25) is 0 Å². The molecule has 5 heteroatoms. The first-order valence-corrected chi connectivity index (χ1v) is 7.57. The highest BCUT2D eigenvalue weighted by atomic mass is 16.5. The van der Waals surface area contributed by atoms with Crippen molar-refractivity contribution in [2.75, 3.05) is 5.32 Å². The third-order valence-corrected chi connectivity index (χ3v) is 3.67. The van der Waals surface area contributed by atoms with E-state index in [0.29, 0.717) is 17.3 Å². The maximum absolute atomic E-state index is 12.1. The molecule has 114 valence electrons. The molecule has 1 aliphatic carbocycles. The summed E-state index contributed by atoms with van der Waals surface area (Å²) in [4.78, 5) is 16.3. The van der Waals surface area contributed by atoms with Gasteiger partial charge in [-0.1, -0.05) is 31.0 Å². The van der Waals surface area contributed by atoms with E-state index in [-0.39, 0.29) is 12.1 Å². The van der Waals surface area contributed by atoms with Crippen LogP contribution in [-0.4, -0.2) is 17.1 Å². The zero-order chi connectivity index (χ0) is 15.2. The van der Waals surface area contributed by atoms with Crippen molar-refractivity contribution in [3.05, 3.63) is 48.7 Å². The summed E-state index contributed by atoms with van der Waals surface area (Å²) in [5.41, 5.74) is 0.557. The number of anilines is 1. The largest absolute Gasteiger partial charge is 0.437 e. The lowest BCUT2D eigenvalue weighted by atomic mass is 10.2. The van der Waals surface area contributed by atoms with Crippen LogP contribution in [0.4, 0.5) is 10.5 Å². The van der Waals surface area contributed by atoms with Crippen LogP contribution in [0, 0.1) is 0 Å². The molecule has 0 unspecified atom stereocenters. The molecule has 1 aromatic heterocycles. The van der Waals surface area contributed by atoms with Gasteiger partial charge in [-0.2, -0.15) is 0 Å². The molecule has 0 radical (unpaired) electrons. The van der Waals surface area contributed by atoms with Crippen LogP contribution in [0.25, 0.3) is 0 Å². The van der Waals surface area contributed by atoms with Crippen molar-refractivity contribution in [3.8, 4) is 11.6 Å². The van der Waals surface area contributed by atoms with Gasteiger partial charge in [0.2, 0.25) is 5.88 Å². The SMILES string of the molecule is O=C(Nc1cccnc1Oc1ccccc1)NC1CCCC1. The summed E-state index contributed by atoms with van der Waals surface area (Å²) in [5.74, 6) is 1.07. The summed E-state index contributed by atoms with van der Waals surface area (Å²) >= 11 is 0. The van der Waals surface area contributed by atoms with E-state index < -0.39 is 0 Å². The first kappa shape index (κ1) is 14.4. The summed E-state index contributed by atoms with van der Waals surface area (Å²) in [6, 6.07) is 13.0. The summed E-state index contributed by atoms with van der Waals surface area (Å²) in [6.07, 6.45) is 6.10. The van der Waals surface area contributed by atoms with Crippen molar-refractivity contribution in [2.24, 2.45) is 0 Å². The number of ether oxygens (including phenoxy) is 1. The third-order valence-electron chi connectivity index (χ3n) is 3.67. The number of pyridine rings is 1. The second-order valence-corrected chi connectivity index (χ2v) is 5.35. The van der Waals surface area contributed by atoms with Gasteiger partial charge in [0.25, 0.3) is 0 Å². The molecule has 5 nitrogen and oxygen atoms in total. The molecule has 1 heterocycles. The highest BCUT2D eigenvalue weighted by molar-refractivity contribution is 5.90. The fraction of sp³-hybridized carbons (Fsp3) is 0.294. The third kappa shape index (κ3) is 3.75. The number of carbonyl (C=O) groups is 1. The van der Waals surface area contributed by atoms with Crippen molar-refractivity contribution < 1.29 is 9.53 Å². The number of benzene rings is 1. The molecule has 1 fully saturated rings. The molecule has 2 N–H and O–H groups in total. The van der Waals surface area contributed by atoms with Crippen LogP contribution in [0.2, 0.25) is 0 Å². The number of amides is 2. The minimum atomic E-state index is -0.210. The van der Waals surface area contributed by atoms with Gasteiger partial charge in [-0.25, -0.2) is 9.78 Å². The number of rotatable bonds is 4. The first-order valence-electron chi connectivity index (χ1n) is 7.57. The van der Waals surface area contributed by atoms with Gasteiger partial charge in [0.15, 0.2) is 0 Å². The number of hydrogen-bond acceptors (Lipinski definition) is 3. The van der Waals surface area contributed by atoms with Crippen molar-refractivity contribution in [2.45, 2.75) is 31.7 Å². The predicted octanol–water partition coefficient (Wildman–Crippen LogP) is 3.94. The van der Waals surface area contributed by atoms with Crippen molar-refractivity contribution in [1.82, 2.24) is 10.3 Å². The van der Waals surface area contributed by atoms with E-state index in [1.54, 1.807) is 18.3 Å². The minimum absolute atomic E-state index is 0.210. The van der Waals surface area contributed by atoms with E-state index >= 15 is 0 Å². The molecular weight excluding hydrogens is 278 g/mol. The number of urea groups is 1. The molecule has 1 aromatic carbocycles. The van der Waals surface area contributed by atoms with Gasteiger partial charge in [0, 0.05) is 12.2 Å². The summed E-state index contributed by atoms with van der Waals surface area (Å²) in [7, 11) is 0. The number of hydrogen-bond donors (Lipinski definition) is 2. The average molecular weight is 297 g/mol. The second kappa shape index (κ2) is 6.93. The van der Waals surface area contributed by atoms with Crippen LogP contribution in [-0.2, 0) is 0 Å². The fourth-order valence-electron chi connectivity index (χ4n) is 2.58. The lowest BCUT2D eigenvalue weighted by Gasteiger charge is -2.14. The van der Waals surface area contributed by atoms with Crippen LogP contribution in [0.5, 0.6) is 11.6 Å². The van der Waals surface area contributed by atoms with Gasteiger partial charge < -0.3 is 15.4 Å². The minimum Gasteiger partial charge on any atom is -0.437 e. The Morgan fingerprint density at radius 3 is 2.64 bits per heavy atom. The first-order chi connectivity index (χ1) is 10.8. The predicted molar refractivity (Wildman–Crippen MR) is 85.2 cm³/mol. The normalized spacial score (nSPS) is 14.5. The van der Waals surface area contributed by atoms with E-state index in [1.165, 1.54) is 12.8 Å². The molecule has 0 saturated heterocycles. The standard InChI is InChI=1S/C17H19N3O2/c21-17(19-13-7-4-5-8-13)20-15-11-6-12-18-16(15)22-14-9-2-1-3-10-14/h1-3,6,9-13H,4-5,7-8H2,(H2,19,20,21). The Morgan fingerprint density at radius 1 is 1.09 bits per heavy atom. The van der Waals surface area contributed by atoms with Crippen LogP contribution >= 0.6 is 0 Å². The molecule has 22 heavy (non-hydrogen) atoms. The quantitative estimate of drug-likeness (QED) is 0.898. The van der Waals surface area contributed by atoms with Crippen molar-refractivity contribution in [3.63, 3.8) is 0 Å². The van der Waals surface area contributed by atoms with Gasteiger partial charge in [-0.05, 0) is 37.1 Å². The Balaban J connectivity index is 1.66. The number of nitrogens with zero attached hydrogens (tertiary/aromatic N) is 1. The van der Waals surface area contributed by atoms with Crippen LogP contribution in [0.3, 0.4) is 0 Å². The highest BCUT2D eigenvalue weighted by Gasteiger charge is 2.18. The fourth-order valence-corrected chi connectivity index (χ4v) is 2.58. The van der Waals surface area contributed by atoms with Gasteiger partial charge in [0.05, 0.1) is 0 Å². The Bertz CT molecular complexity index is 625. The van der Waals surface area contributed by atoms with E-state index in [1.807, 2.05) is 30.3 Å². The highest BCUT2D eigenvalue weighted by Crippen LogP contribution is 2.26. The number of aromatic nitrogens is 1. The molecule has 2 aromatic rings. The van der Waals surface area contributed by atoms with Crippen molar-refractivity contribution in [1.29, 1.82) is 0 Å². The monoisotopic (exact) mass is 297 g/mol. The van der Waals surface area contributed by atoms with Crippen LogP contribution in [0.15, 0.2) is 48.7 Å². The zero-order valence-corrected chi connectivity index (χ0v) is 12.3. The van der Waals surface area contributed by atoms with Gasteiger partial charge in [-0.15, -0.1) is 0 Å². The van der Waals surface area contributed by atoms with E-state index in [0.717, 1.165) is 12.8 Å². The molecule has 3 rings (SSSR count). The van der Waals surface area contributed by atoms with Gasteiger partial charge >= 0.3 is 6.03 Å². The molecule has 0 aliphatic heterocycles. The second-order valence-electron chi connectivity index (χ2n) is 5.35. The average Bonchev–Trinajstić information content (AvgIpc) is 3.03. The Kier molecular flexibility index (Phi) is 4.53. The Labute approximate surface area is 129 Å². The molecule has 0 spiro atoms. The van der Waals surface area contributed by atoms with E-state index in [2.05, 4.69) is 15.6 Å². The zero-order valence-electron chi connectivity index (χ0n) is 12.3. The Hall–Kier alpha value is -2.56. The van der Waals surface area contributed by atoms with E-state index in [4.69, 9.17) is 4.74 Å². The number of carbonyl (C=O) groups excluding carboxylic acids is 1. The lowest BCUT2D eigenvalue weighted by Crippen LogP contribution is -2.36. The van der Waals surface area contributed by atoms with Crippen molar-refractivity contribution >= 4 is 11.7 Å². The molecule has 1 saturated carbocycles. The number of para-hydroxylation sites is 1. The molecule has 0 atom stereocenters. The molecule has 2 amide bonds. The summed E-state index contributed by atoms with van der Waals surface area (Å²) < 4.78 is 5.73. The molecular formula is C17H19N3O2. The molecule has 0 bridgehead atoms. The maximum atomic E-state index is 12.1. The lowest BCUT2D eigenvalue weighted by molar-refractivity contribution is 0.248.